The minimum atomic E-state index is -0.896. The molecular formula is C25H39N3O11. The van der Waals surface area contributed by atoms with Gasteiger partial charge in [-0.05, 0) is 91.8 Å². The SMILES string of the molecule is CC(CCC(=O)O)C1CC[C@H]2[C@@H]3[C@H](O[N+](=O)[O-])C[C@@H]4C[C@H](O[N+](=O)[O-])CC[C@]4(C)[C@@]3(C)[C@H](O[N+](=O)[O-])C[C@]12C. The molecule has 14 heteroatoms. The predicted octanol–water partition coefficient (Wildman–Crippen LogP) is 4.49. The molecule has 4 aliphatic rings. The first-order valence-corrected chi connectivity index (χ1v) is 13.8. The quantitative estimate of drug-likeness (QED) is 0.294. The monoisotopic (exact) mass is 557 g/mol. The third-order valence-corrected chi connectivity index (χ3v) is 11.7. The van der Waals surface area contributed by atoms with Crippen LogP contribution in [0.4, 0.5) is 0 Å². The van der Waals surface area contributed by atoms with Gasteiger partial charge in [0, 0.05) is 11.8 Å². The van der Waals surface area contributed by atoms with Gasteiger partial charge in [0.1, 0.15) is 18.3 Å². The van der Waals surface area contributed by atoms with Crippen LogP contribution in [0, 0.1) is 76.2 Å². The number of rotatable bonds is 10. The zero-order valence-electron chi connectivity index (χ0n) is 22.9. The van der Waals surface area contributed by atoms with Crippen molar-refractivity contribution in [2.75, 3.05) is 0 Å². The van der Waals surface area contributed by atoms with Gasteiger partial charge in [0.25, 0.3) is 15.3 Å². The van der Waals surface area contributed by atoms with Gasteiger partial charge in [-0.1, -0.05) is 27.7 Å². The Kier molecular flexibility index (Phi) is 7.63. The van der Waals surface area contributed by atoms with E-state index in [4.69, 9.17) is 14.5 Å². The molecule has 11 atom stereocenters. The summed E-state index contributed by atoms with van der Waals surface area (Å²) < 4.78 is 0. The topological polar surface area (TPSA) is 194 Å². The number of fused-ring (bicyclic) bond motifs is 5. The van der Waals surface area contributed by atoms with E-state index in [-0.39, 0.29) is 36.5 Å². The van der Waals surface area contributed by atoms with Crippen molar-refractivity contribution < 1.29 is 39.7 Å². The maximum absolute atomic E-state index is 11.9. The molecule has 0 spiro atoms. The molecule has 0 aliphatic heterocycles. The van der Waals surface area contributed by atoms with Crippen LogP contribution in [0.25, 0.3) is 0 Å². The third-order valence-electron chi connectivity index (χ3n) is 11.7. The summed E-state index contributed by atoms with van der Waals surface area (Å²) in [6.07, 6.45) is 1.42. The van der Waals surface area contributed by atoms with Crippen LogP contribution >= 0.6 is 0 Å². The van der Waals surface area contributed by atoms with E-state index in [1.807, 2.05) is 20.8 Å². The molecule has 0 aromatic rings. The second-order valence-electron chi connectivity index (χ2n) is 13.0. The standard InChI is InChI=1S/C25H39N3O11/c1-14(5-8-21(29)30)17-6-7-18-22-19(38-27(33)34)12-15-11-16(37-26(31)32)9-10-24(15,3)25(22,4)20(39-28(35)36)13-23(17,18)2/h14-20,22H,5-13H2,1-4H3,(H,29,30)/t14?,15-,16+,17?,18-,19+,20+,22+,23+,24-,25-/m0/s1. The molecule has 4 aliphatic carbocycles. The molecule has 0 saturated heterocycles. The summed E-state index contributed by atoms with van der Waals surface area (Å²) in [4.78, 5) is 61.6. The Labute approximate surface area is 226 Å². The van der Waals surface area contributed by atoms with E-state index in [0.29, 0.717) is 32.1 Å². The molecule has 4 fully saturated rings. The summed E-state index contributed by atoms with van der Waals surface area (Å²) in [5.41, 5.74) is -1.94. The molecule has 1 N–H and O–H groups in total. The smallest absolute Gasteiger partial charge is 0.303 e. The highest BCUT2D eigenvalue weighted by Gasteiger charge is 2.72. The predicted molar refractivity (Wildman–Crippen MR) is 132 cm³/mol. The van der Waals surface area contributed by atoms with Crippen molar-refractivity contribution in [1.82, 2.24) is 0 Å². The maximum atomic E-state index is 11.9. The molecule has 220 valence electrons. The largest absolute Gasteiger partial charge is 0.481 e. The van der Waals surface area contributed by atoms with Crippen molar-refractivity contribution >= 4 is 5.97 Å². The Morgan fingerprint density at radius 3 is 2.21 bits per heavy atom. The summed E-state index contributed by atoms with van der Waals surface area (Å²) in [7, 11) is 0. The summed E-state index contributed by atoms with van der Waals surface area (Å²) in [6.45, 7) is 8.06. The average Bonchev–Trinajstić information content (AvgIpc) is 3.14. The number of carboxylic acid groups (broad SMARTS) is 1. The van der Waals surface area contributed by atoms with E-state index in [9.17, 15) is 40.2 Å². The van der Waals surface area contributed by atoms with Crippen molar-refractivity contribution in [3.05, 3.63) is 30.3 Å². The first-order chi connectivity index (χ1) is 18.1. The van der Waals surface area contributed by atoms with Gasteiger partial charge < -0.3 is 19.6 Å². The summed E-state index contributed by atoms with van der Waals surface area (Å²) in [5, 5.41) is 41.5. The normalized spacial score (nSPS) is 43.6. The van der Waals surface area contributed by atoms with Crippen molar-refractivity contribution in [3.63, 3.8) is 0 Å². The zero-order valence-corrected chi connectivity index (χ0v) is 22.9. The van der Waals surface area contributed by atoms with Gasteiger partial charge in [-0.15, -0.1) is 30.3 Å². The van der Waals surface area contributed by atoms with Crippen LogP contribution in [-0.2, 0) is 19.3 Å². The van der Waals surface area contributed by atoms with Gasteiger partial charge in [0.15, 0.2) is 0 Å². The number of aliphatic carboxylic acids is 1. The van der Waals surface area contributed by atoms with Crippen LogP contribution in [0.5, 0.6) is 0 Å². The summed E-state index contributed by atoms with van der Waals surface area (Å²) in [5.74, 6) is -1.53. The minimum Gasteiger partial charge on any atom is -0.481 e. The fourth-order valence-electron chi connectivity index (χ4n) is 9.85. The number of nitrogens with zero attached hydrogens (tertiary/aromatic N) is 3. The van der Waals surface area contributed by atoms with Crippen molar-refractivity contribution in [1.29, 1.82) is 0 Å². The first-order valence-electron chi connectivity index (χ1n) is 13.8. The van der Waals surface area contributed by atoms with Gasteiger partial charge in [-0.3, -0.25) is 4.79 Å². The fourth-order valence-corrected chi connectivity index (χ4v) is 9.85. The van der Waals surface area contributed by atoms with Crippen LogP contribution in [0.15, 0.2) is 0 Å². The molecule has 0 aromatic carbocycles. The highest BCUT2D eigenvalue weighted by Crippen LogP contribution is 2.74. The first kappa shape index (κ1) is 29.1. The van der Waals surface area contributed by atoms with Gasteiger partial charge in [-0.25, -0.2) is 0 Å². The number of carbonyl (C=O) groups is 1. The Morgan fingerprint density at radius 1 is 0.974 bits per heavy atom. The second kappa shape index (κ2) is 10.2. The molecule has 4 rings (SSSR count). The van der Waals surface area contributed by atoms with E-state index in [2.05, 4.69) is 6.92 Å². The maximum Gasteiger partial charge on any atom is 0.303 e. The van der Waals surface area contributed by atoms with E-state index in [1.165, 1.54) is 0 Å². The lowest BCUT2D eigenvalue weighted by molar-refractivity contribution is -0.784. The van der Waals surface area contributed by atoms with Gasteiger partial charge >= 0.3 is 5.97 Å². The van der Waals surface area contributed by atoms with E-state index in [1.54, 1.807) is 0 Å². The molecule has 2 unspecified atom stereocenters. The van der Waals surface area contributed by atoms with Crippen molar-refractivity contribution in [3.8, 4) is 0 Å². The van der Waals surface area contributed by atoms with E-state index < -0.39 is 61.7 Å². The molecule has 0 bridgehead atoms. The van der Waals surface area contributed by atoms with Crippen molar-refractivity contribution in [2.45, 2.75) is 104 Å². The lowest BCUT2D eigenvalue weighted by Crippen LogP contribution is -2.70. The summed E-state index contributed by atoms with van der Waals surface area (Å²) >= 11 is 0. The lowest BCUT2D eigenvalue weighted by Gasteiger charge is -2.69. The highest BCUT2D eigenvalue weighted by atomic mass is 17.0. The number of carboxylic acids is 1. The summed E-state index contributed by atoms with van der Waals surface area (Å²) in [6, 6.07) is 0. The number of hydrogen-bond acceptors (Lipinski definition) is 10. The van der Waals surface area contributed by atoms with Crippen LogP contribution in [-0.4, -0.2) is 44.6 Å². The minimum absolute atomic E-state index is 0.0224. The highest BCUT2D eigenvalue weighted by molar-refractivity contribution is 5.66. The van der Waals surface area contributed by atoms with E-state index >= 15 is 0 Å². The van der Waals surface area contributed by atoms with Crippen LogP contribution < -0.4 is 0 Å². The Balaban J connectivity index is 1.78. The second-order valence-corrected chi connectivity index (χ2v) is 13.0. The third kappa shape index (κ3) is 4.83. The van der Waals surface area contributed by atoms with Crippen LogP contribution in [0.2, 0.25) is 0 Å². The van der Waals surface area contributed by atoms with E-state index in [0.717, 1.165) is 12.8 Å². The molecule has 4 saturated carbocycles. The number of hydrogen-bond donors (Lipinski definition) is 1. The fraction of sp³-hybridized carbons (Fsp3) is 0.960. The Bertz CT molecular complexity index is 1010. The molecule has 0 amide bonds. The lowest BCUT2D eigenvalue weighted by atomic mass is 9.36. The van der Waals surface area contributed by atoms with Gasteiger partial charge in [-0.2, -0.15) is 0 Å². The Hall–Kier alpha value is -2.93. The van der Waals surface area contributed by atoms with Crippen LogP contribution in [0.3, 0.4) is 0 Å². The molecular weight excluding hydrogens is 518 g/mol. The molecule has 0 heterocycles. The zero-order chi connectivity index (χ0) is 28.9. The molecule has 0 aromatic heterocycles. The van der Waals surface area contributed by atoms with Gasteiger partial charge in [0.05, 0.1) is 0 Å². The van der Waals surface area contributed by atoms with Crippen LogP contribution in [0.1, 0.15) is 85.5 Å². The average molecular weight is 558 g/mol. The van der Waals surface area contributed by atoms with Crippen molar-refractivity contribution in [2.24, 2.45) is 45.8 Å². The molecule has 14 nitrogen and oxygen atoms in total. The Morgan fingerprint density at radius 2 is 1.62 bits per heavy atom. The molecule has 39 heavy (non-hydrogen) atoms. The molecule has 0 radical (unpaired) electrons. The van der Waals surface area contributed by atoms with Gasteiger partial charge in [0.2, 0.25) is 0 Å².